The molecule has 0 aliphatic carbocycles. The minimum atomic E-state index is -0.0989. The molecule has 0 aliphatic rings. The van der Waals surface area contributed by atoms with Crippen LogP contribution >= 0.6 is 0 Å². The Morgan fingerprint density at radius 1 is 0.818 bits per heavy atom. The molecule has 0 heterocycles. The predicted molar refractivity (Wildman–Crippen MR) is 85.3 cm³/mol. The van der Waals surface area contributed by atoms with E-state index in [-0.39, 0.29) is 47.1 Å². The van der Waals surface area contributed by atoms with Gasteiger partial charge in [0.05, 0.1) is 11.5 Å². The molecule has 0 saturated heterocycles. The van der Waals surface area contributed by atoms with Crippen LogP contribution in [0.1, 0.15) is 54.4 Å². The Bertz CT molecular complexity index is 335. The van der Waals surface area contributed by atoms with E-state index in [0.29, 0.717) is 24.7 Å². The van der Waals surface area contributed by atoms with Crippen molar-refractivity contribution in [2.24, 2.45) is 11.8 Å². The monoisotopic (exact) mass is 353 g/mol. The number of ketones is 2. The molecule has 0 unspecified atom stereocenters. The first-order valence-electron chi connectivity index (χ1n) is 6.84. The van der Waals surface area contributed by atoms with E-state index in [2.05, 4.69) is 0 Å². The van der Waals surface area contributed by atoms with Crippen LogP contribution in [0.3, 0.4) is 0 Å². The van der Waals surface area contributed by atoms with Crippen LogP contribution in [-0.4, -0.2) is 27.3 Å². The zero-order chi connectivity index (χ0) is 16.3. The van der Waals surface area contributed by atoms with Gasteiger partial charge in [-0.3, -0.25) is 9.59 Å². The van der Waals surface area contributed by atoms with Crippen molar-refractivity contribution in [1.82, 2.24) is 0 Å². The van der Waals surface area contributed by atoms with E-state index in [9.17, 15) is 9.59 Å². The number of aliphatic hydroxyl groups excluding tert-OH is 2. The summed E-state index contributed by atoms with van der Waals surface area (Å²) < 4.78 is 0. The number of allylic oxidation sites excluding steroid dienone is 4. The fourth-order valence-electron chi connectivity index (χ4n) is 1.42. The van der Waals surface area contributed by atoms with Gasteiger partial charge < -0.3 is 15.7 Å². The molecule has 0 spiro atoms. The van der Waals surface area contributed by atoms with Gasteiger partial charge >= 0.3 is 0 Å². The topological polar surface area (TPSA) is 106 Å². The van der Waals surface area contributed by atoms with Crippen LogP contribution in [0.4, 0.5) is 0 Å². The van der Waals surface area contributed by atoms with Gasteiger partial charge in [0.1, 0.15) is 0 Å². The molecule has 0 fully saturated rings. The second-order valence-corrected chi connectivity index (χ2v) is 5.69. The Morgan fingerprint density at radius 3 is 1.18 bits per heavy atom. The van der Waals surface area contributed by atoms with Crippen molar-refractivity contribution >= 4 is 11.6 Å². The molecule has 0 aromatic rings. The van der Waals surface area contributed by atoms with Gasteiger partial charge in [0.2, 0.25) is 0 Å². The summed E-state index contributed by atoms with van der Waals surface area (Å²) >= 11 is 0. The molecular weight excluding hydrogens is 323 g/mol. The van der Waals surface area contributed by atoms with Gasteiger partial charge in [0, 0.05) is 43.5 Å². The number of carbonyl (C=O) groups excluding carboxylic acids is 2. The van der Waals surface area contributed by atoms with E-state index in [0.717, 1.165) is 0 Å². The Hall–Kier alpha value is -1.04. The van der Waals surface area contributed by atoms with Gasteiger partial charge in [-0.25, -0.2) is 0 Å². The van der Waals surface area contributed by atoms with Crippen LogP contribution in [0.15, 0.2) is 23.7 Å². The molecule has 5 nitrogen and oxygen atoms in total. The van der Waals surface area contributed by atoms with Crippen LogP contribution in [0.2, 0.25) is 0 Å². The molecule has 0 aromatic carbocycles. The van der Waals surface area contributed by atoms with Crippen molar-refractivity contribution in [2.75, 3.05) is 0 Å². The molecule has 22 heavy (non-hydrogen) atoms. The molecule has 0 aliphatic heterocycles. The predicted octanol–water partition coefficient (Wildman–Crippen LogP) is 3.30. The Kier molecular flexibility index (Phi) is 21.6. The molecule has 0 aromatic heterocycles. The minimum absolute atomic E-state index is 0. The SMILES string of the molecule is CC(=O)C=C(O)CC(C)C.CC(=O)C=C(O)CC(C)C.O.[V]. The summed E-state index contributed by atoms with van der Waals surface area (Å²) in [6.07, 6.45) is 3.69. The maximum Gasteiger partial charge on any atom is 0.155 e. The summed E-state index contributed by atoms with van der Waals surface area (Å²) in [5.41, 5.74) is 0. The van der Waals surface area contributed by atoms with Gasteiger partial charge in [0.25, 0.3) is 0 Å². The third-order valence-electron chi connectivity index (χ3n) is 1.97. The Balaban J connectivity index is -0.000000135. The molecule has 4 N–H and O–H groups in total. The van der Waals surface area contributed by atoms with Gasteiger partial charge in [-0.2, -0.15) is 0 Å². The number of aliphatic hydroxyl groups is 2. The fraction of sp³-hybridized carbons (Fsp3) is 0.625. The minimum Gasteiger partial charge on any atom is -0.512 e. The normalized spacial score (nSPS) is 11.1. The second kappa shape index (κ2) is 16.3. The standard InChI is InChI=1S/2C8H14O2.H2O.V/c2*1-6(2)4-8(10)5-7(3)9;;/h2*5-6,10H,4H2,1-3H3;1H2;. The average Bonchev–Trinajstić information content (AvgIpc) is 2.11. The summed E-state index contributed by atoms with van der Waals surface area (Å²) in [5.74, 6) is 0.965. The Labute approximate surface area is 145 Å². The van der Waals surface area contributed by atoms with Crippen LogP contribution in [0.5, 0.6) is 0 Å². The summed E-state index contributed by atoms with van der Waals surface area (Å²) in [5, 5.41) is 18.1. The molecule has 0 amide bonds. The van der Waals surface area contributed by atoms with E-state index in [1.807, 2.05) is 27.7 Å². The van der Waals surface area contributed by atoms with E-state index in [1.54, 1.807) is 0 Å². The summed E-state index contributed by atoms with van der Waals surface area (Å²) in [6.45, 7) is 10.8. The van der Waals surface area contributed by atoms with Crippen molar-refractivity contribution in [1.29, 1.82) is 0 Å². The zero-order valence-electron chi connectivity index (χ0n) is 14.4. The molecule has 0 bridgehead atoms. The summed E-state index contributed by atoms with van der Waals surface area (Å²) in [6, 6.07) is 0. The number of hydrogen-bond donors (Lipinski definition) is 2. The maximum atomic E-state index is 10.4. The van der Waals surface area contributed by atoms with Crippen molar-refractivity contribution in [3.63, 3.8) is 0 Å². The molecule has 0 atom stereocenters. The number of rotatable bonds is 6. The Morgan fingerprint density at radius 2 is 1.05 bits per heavy atom. The van der Waals surface area contributed by atoms with E-state index in [1.165, 1.54) is 26.0 Å². The van der Waals surface area contributed by atoms with Crippen LogP contribution < -0.4 is 0 Å². The van der Waals surface area contributed by atoms with Gasteiger partial charge in [-0.05, 0) is 25.7 Å². The third kappa shape index (κ3) is 27.3. The van der Waals surface area contributed by atoms with Crippen molar-refractivity contribution in [2.45, 2.75) is 54.4 Å². The first kappa shape index (κ1) is 29.0. The molecule has 0 rings (SSSR count). The van der Waals surface area contributed by atoms with E-state index >= 15 is 0 Å². The molecule has 6 heteroatoms. The quantitative estimate of drug-likeness (QED) is 0.564. The van der Waals surface area contributed by atoms with Crippen LogP contribution in [0.25, 0.3) is 0 Å². The number of hydrogen-bond acceptors (Lipinski definition) is 4. The van der Waals surface area contributed by atoms with Gasteiger partial charge in [0.15, 0.2) is 11.6 Å². The maximum absolute atomic E-state index is 10.4. The molecule has 129 valence electrons. The largest absolute Gasteiger partial charge is 0.512 e. The fourth-order valence-corrected chi connectivity index (χ4v) is 1.42. The average molecular weight is 353 g/mol. The second-order valence-electron chi connectivity index (χ2n) is 5.69. The smallest absolute Gasteiger partial charge is 0.155 e. The first-order valence-corrected chi connectivity index (χ1v) is 6.84. The number of carbonyl (C=O) groups is 2. The van der Waals surface area contributed by atoms with Crippen LogP contribution in [-0.2, 0) is 28.1 Å². The summed E-state index contributed by atoms with van der Waals surface area (Å²) in [4.78, 5) is 20.8. The van der Waals surface area contributed by atoms with E-state index < -0.39 is 0 Å². The van der Waals surface area contributed by atoms with Gasteiger partial charge in [-0.1, -0.05) is 27.7 Å². The zero-order valence-corrected chi connectivity index (χ0v) is 15.8. The molecular formula is C16H30O5V. The van der Waals surface area contributed by atoms with Crippen molar-refractivity contribution in [3.05, 3.63) is 23.7 Å². The first-order chi connectivity index (χ1) is 9.04. The van der Waals surface area contributed by atoms with Crippen molar-refractivity contribution in [3.8, 4) is 0 Å². The molecule has 1 radical (unpaired) electrons. The summed E-state index contributed by atoms with van der Waals surface area (Å²) in [7, 11) is 0. The van der Waals surface area contributed by atoms with Crippen molar-refractivity contribution < 1.29 is 43.8 Å². The molecule has 0 saturated carbocycles. The van der Waals surface area contributed by atoms with E-state index in [4.69, 9.17) is 10.2 Å². The third-order valence-corrected chi connectivity index (χ3v) is 1.97. The van der Waals surface area contributed by atoms with Crippen LogP contribution in [0, 0.1) is 11.8 Å². The van der Waals surface area contributed by atoms with Gasteiger partial charge in [-0.15, -0.1) is 0 Å².